The molecule has 0 radical (unpaired) electrons. The number of rotatable bonds is 5. The van der Waals surface area contributed by atoms with Crippen molar-refractivity contribution in [2.45, 2.75) is 0 Å². The number of nitrogens with one attached hydrogen (secondary N) is 1. The maximum absolute atomic E-state index is 14.8. The number of thiazole rings is 1. The highest BCUT2D eigenvalue weighted by Crippen LogP contribution is 2.35. The molecule has 0 bridgehead atoms. The minimum Gasteiger partial charge on any atom is -0.496 e. The minimum absolute atomic E-state index is 0.0231. The quantitative estimate of drug-likeness (QED) is 0.317. The Bertz CT molecular complexity index is 1670. The van der Waals surface area contributed by atoms with Crippen LogP contribution in [0.2, 0.25) is 5.02 Å². The molecule has 0 saturated carbocycles. The normalized spacial score (nSPS) is 10.7. The third kappa shape index (κ3) is 4.45. The number of carbonyl (C=O) groups is 1. The summed E-state index contributed by atoms with van der Waals surface area (Å²) in [6.07, 6.45) is 2.81. The lowest BCUT2D eigenvalue weighted by Crippen LogP contribution is -2.14. The van der Waals surface area contributed by atoms with Gasteiger partial charge in [0.15, 0.2) is 15.6 Å². The Kier molecular flexibility index (Phi) is 6.25. The van der Waals surface area contributed by atoms with Gasteiger partial charge in [-0.05, 0) is 30.3 Å². The molecule has 176 valence electrons. The number of hydrogen-bond acceptors (Lipinski definition) is 8. The van der Waals surface area contributed by atoms with Crippen molar-refractivity contribution in [1.82, 2.24) is 19.9 Å². The molecule has 0 atom stereocenters. The van der Waals surface area contributed by atoms with Crippen LogP contribution >= 0.6 is 22.9 Å². The van der Waals surface area contributed by atoms with Gasteiger partial charge in [0.1, 0.15) is 23.3 Å². The van der Waals surface area contributed by atoms with E-state index in [-0.39, 0.29) is 33.3 Å². The van der Waals surface area contributed by atoms with Gasteiger partial charge in [0, 0.05) is 22.3 Å². The van der Waals surface area contributed by atoms with Crippen molar-refractivity contribution < 1.29 is 13.9 Å². The van der Waals surface area contributed by atoms with Crippen molar-refractivity contribution in [2.75, 3.05) is 12.4 Å². The molecule has 2 aromatic carbocycles. The topological polar surface area (TPSA) is 114 Å². The Hall–Kier alpha value is -4.46. The Morgan fingerprint density at radius 3 is 2.69 bits per heavy atom. The van der Waals surface area contributed by atoms with Crippen LogP contribution in [0.1, 0.15) is 16.1 Å². The molecule has 3 aromatic heterocycles. The van der Waals surface area contributed by atoms with Gasteiger partial charge < -0.3 is 4.74 Å². The van der Waals surface area contributed by atoms with Crippen LogP contribution in [-0.4, -0.2) is 33.0 Å². The molecule has 0 unspecified atom stereocenters. The Morgan fingerprint density at radius 2 is 1.94 bits per heavy atom. The largest absolute Gasteiger partial charge is 0.496 e. The number of halogens is 2. The van der Waals surface area contributed by atoms with Crippen LogP contribution in [0.5, 0.6) is 5.75 Å². The molecule has 5 rings (SSSR count). The summed E-state index contributed by atoms with van der Waals surface area (Å²) < 4.78 is 20.1. The molecule has 5 aromatic rings. The monoisotopic (exact) mass is 516 g/mol. The summed E-state index contributed by atoms with van der Waals surface area (Å²) in [4.78, 5) is 31.0. The van der Waals surface area contributed by atoms with Crippen molar-refractivity contribution in [3.63, 3.8) is 0 Å². The number of hydrogen-bond donors (Lipinski definition) is 1. The summed E-state index contributed by atoms with van der Waals surface area (Å²) in [6.45, 7) is 0. The zero-order chi connectivity index (χ0) is 25.2. The van der Waals surface area contributed by atoms with Gasteiger partial charge >= 0.3 is 0 Å². The second-order valence-corrected chi connectivity index (χ2v) is 8.82. The fraction of sp³-hybridized carbons (Fsp3) is 0.0400. The first-order valence-electron chi connectivity index (χ1n) is 10.4. The van der Waals surface area contributed by atoms with Crippen molar-refractivity contribution >= 4 is 44.5 Å². The Balaban J connectivity index is 1.50. The fourth-order valence-corrected chi connectivity index (χ4v) is 4.46. The van der Waals surface area contributed by atoms with Crippen LogP contribution in [0.15, 0.2) is 60.9 Å². The van der Waals surface area contributed by atoms with Crippen molar-refractivity contribution in [1.29, 1.82) is 5.26 Å². The number of benzene rings is 2. The highest BCUT2D eigenvalue weighted by molar-refractivity contribution is 7.21. The first-order chi connectivity index (χ1) is 17.5. The lowest BCUT2D eigenvalue weighted by Gasteiger charge is -2.13. The van der Waals surface area contributed by atoms with Crippen LogP contribution in [0.3, 0.4) is 0 Å². The molecule has 8 nitrogen and oxygen atoms in total. The van der Waals surface area contributed by atoms with Crippen LogP contribution in [0, 0.1) is 17.1 Å². The molecule has 1 amide bonds. The first-order valence-corrected chi connectivity index (χ1v) is 11.6. The van der Waals surface area contributed by atoms with Crippen LogP contribution in [0.4, 0.5) is 9.52 Å². The molecule has 0 spiro atoms. The predicted molar refractivity (Wildman–Crippen MR) is 135 cm³/mol. The second kappa shape index (κ2) is 9.65. The maximum Gasteiger partial charge on any atom is 0.259 e. The van der Waals surface area contributed by atoms with Gasteiger partial charge in [-0.2, -0.15) is 10.2 Å². The highest BCUT2D eigenvalue weighted by atomic mass is 35.5. The Labute approximate surface area is 213 Å². The number of nitriles is 1. The van der Waals surface area contributed by atoms with E-state index in [9.17, 15) is 14.4 Å². The average molecular weight is 517 g/mol. The number of fused-ring (bicyclic) bond motifs is 1. The molecule has 11 heteroatoms. The summed E-state index contributed by atoms with van der Waals surface area (Å²) in [6, 6.07) is 14.7. The van der Waals surface area contributed by atoms with Gasteiger partial charge in [-0.1, -0.05) is 41.1 Å². The second-order valence-electron chi connectivity index (χ2n) is 7.41. The van der Waals surface area contributed by atoms with E-state index in [1.54, 1.807) is 24.4 Å². The van der Waals surface area contributed by atoms with E-state index in [1.165, 1.54) is 31.5 Å². The highest BCUT2D eigenvalue weighted by Gasteiger charge is 2.22. The first kappa shape index (κ1) is 23.3. The number of carbonyl (C=O) groups excluding carboxylic acids is 1. The number of amides is 1. The van der Waals surface area contributed by atoms with E-state index in [4.69, 9.17) is 16.3 Å². The van der Waals surface area contributed by atoms with Gasteiger partial charge in [0.05, 0.1) is 30.1 Å². The molecule has 0 aliphatic heterocycles. The summed E-state index contributed by atoms with van der Waals surface area (Å²) in [7, 11) is 1.39. The molecule has 1 N–H and O–H groups in total. The molecule has 0 saturated heterocycles. The van der Waals surface area contributed by atoms with Gasteiger partial charge in [0.25, 0.3) is 5.91 Å². The van der Waals surface area contributed by atoms with Crippen molar-refractivity contribution in [3.05, 3.63) is 83.0 Å². The molecule has 0 fully saturated rings. The number of aromatic nitrogens is 4. The summed E-state index contributed by atoms with van der Waals surface area (Å²) >= 11 is 7.10. The number of nitrogens with zero attached hydrogens (tertiary/aromatic N) is 5. The smallest absolute Gasteiger partial charge is 0.259 e. The molecular formula is C25H14ClFN6O2S. The summed E-state index contributed by atoms with van der Waals surface area (Å²) in [5.74, 6) is -0.992. The number of methoxy groups -OCH3 is 1. The molecule has 3 heterocycles. The Morgan fingerprint density at radius 1 is 1.14 bits per heavy atom. The van der Waals surface area contributed by atoms with E-state index >= 15 is 0 Å². The number of anilines is 1. The average Bonchev–Trinajstić information content (AvgIpc) is 3.30. The summed E-state index contributed by atoms with van der Waals surface area (Å²) in [5.41, 5.74) is 2.10. The van der Waals surface area contributed by atoms with Gasteiger partial charge in [-0.15, -0.1) is 0 Å². The molecule has 0 aliphatic carbocycles. The lowest BCUT2D eigenvalue weighted by atomic mass is 9.98. The van der Waals surface area contributed by atoms with Crippen LogP contribution < -0.4 is 10.1 Å². The zero-order valence-corrected chi connectivity index (χ0v) is 20.1. The third-order valence-corrected chi connectivity index (χ3v) is 6.32. The van der Waals surface area contributed by atoms with Crippen LogP contribution in [-0.2, 0) is 0 Å². The van der Waals surface area contributed by atoms with E-state index in [1.807, 2.05) is 18.2 Å². The van der Waals surface area contributed by atoms with Gasteiger partial charge in [-0.25, -0.2) is 19.3 Å². The van der Waals surface area contributed by atoms with Crippen LogP contribution in [0.25, 0.3) is 32.9 Å². The van der Waals surface area contributed by atoms with E-state index in [0.29, 0.717) is 21.2 Å². The molecule has 36 heavy (non-hydrogen) atoms. The predicted octanol–water partition coefficient (Wildman–Crippen LogP) is 5.74. The van der Waals surface area contributed by atoms with E-state index < -0.39 is 11.7 Å². The lowest BCUT2D eigenvalue weighted by molar-refractivity contribution is 0.102. The van der Waals surface area contributed by atoms with E-state index in [0.717, 1.165) is 16.9 Å². The maximum atomic E-state index is 14.8. The van der Waals surface area contributed by atoms with Gasteiger partial charge in [0.2, 0.25) is 0 Å². The van der Waals surface area contributed by atoms with E-state index in [2.05, 4.69) is 25.3 Å². The van der Waals surface area contributed by atoms with Crippen molar-refractivity contribution in [2.24, 2.45) is 0 Å². The zero-order valence-electron chi connectivity index (χ0n) is 18.5. The summed E-state index contributed by atoms with van der Waals surface area (Å²) in [5, 5.41) is 12.9. The van der Waals surface area contributed by atoms with Gasteiger partial charge in [-0.3, -0.25) is 10.1 Å². The molecular weight excluding hydrogens is 503 g/mol. The molecule has 0 aliphatic rings. The number of pyridine rings is 1. The third-order valence-electron chi connectivity index (χ3n) is 5.21. The SMILES string of the molecule is COc1cccc(F)c1-c1cc(C#N)ncc1C(=O)Nc1nc2ncc(-c3ccc(Cl)cc3)nc2s1. The number of ether oxygens (including phenoxy) is 1. The fourth-order valence-electron chi connectivity index (χ4n) is 3.54. The minimum atomic E-state index is -0.610. The standard InChI is InChI=1S/C25H14ClFN6O2S/c1-35-20-4-2-3-18(27)21(20)16-9-15(10-28)29-11-17(16)23(34)33-25-32-22-24(36-25)31-19(12-30-22)13-5-7-14(26)8-6-13/h2-9,11-12H,1H3,(H,30,32,33,34). The van der Waals surface area contributed by atoms with Crippen molar-refractivity contribution in [3.8, 4) is 34.2 Å².